The molecule has 104 valence electrons. The van der Waals surface area contributed by atoms with E-state index in [4.69, 9.17) is 16.7 Å². The van der Waals surface area contributed by atoms with Crippen molar-refractivity contribution in [3.63, 3.8) is 0 Å². The monoisotopic (exact) mass is 303 g/mol. The first-order chi connectivity index (χ1) is 8.86. The van der Waals surface area contributed by atoms with Crippen LogP contribution in [0.5, 0.6) is 0 Å². The minimum Gasteiger partial charge on any atom is -0.480 e. The van der Waals surface area contributed by atoms with Gasteiger partial charge in [-0.25, -0.2) is 4.79 Å². The zero-order chi connectivity index (χ0) is 14.6. The second-order valence-corrected chi connectivity index (χ2v) is 5.16. The van der Waals surface area contributed by atoms with Crippen molar-refractivity contribution in [1.82, 2.24) is 5.32 Å². The minimum atomic E-state index is -1.37. The van der Waals surface area contributed by atoms with Crippen LogP contribution in [0.1, 0.15) is 17.3 Å². The van der Waals surface area contributed by atoms with Crippen molar-refractivity contribution in [2.75, 3.05) is 6.26 Å². The Morgan fingerprint density at radius 3 is 2.53 bits per heavy atom. The summed E-state index contributed by atoms with van der Waals surface area (Å²) >= 11 is 7.35. The molecule has 0 radical (unpaired) electrons. The molecule has 1 rings (SSSR count). The molecule has 7 heteroatoms. The van der Waals surface area contributed by atoms with Crippen LogP contribution in [0, 0.1) is 0 Å². The van der Waals surface area contributed by atoms with Gasteiger partial charge in [0.15, 0.2) is 6.04 Å². The summed E-state index contributed by atoms with van der Waals surface area (Å²) in [5, 5.41) is 20.7. The molecule has 0 saturated heterocycles. The molecule has 3 N–H and O–H groups in total. The molecule has 0 heterocycles. The molecular formula is C12H14ClNO4S. The topological polar surface area (TPSA) is 86.6 Å². The Kier molecular flexibility index (Phi) is 5.65. The molecule has 0 bridgehead atoms. The molecule has 0 aromatic heterocycles. The summed E-state index contributed by atoms with van der Waals surface area (Å²) in [4.78, 5) is 23.7. The maximum absolute atomic E-state index is 12.0. The van der Waals surface area contributed by atoms with Gasteiger partial charge in [0.2, 0.25) is 0 Å². The molecule has 0 aliphatic carbocycles. The molecule has 1 amide bonds. The van der Waals surface area contributed by atoms with Gasteiger partial charge in [0.1, 0.15) is 0 Å². The first-order valence-electron chi connectivity index (χ1n) is 5.42. The Morgan fingerprint density at radius 2 is 2.05 bits per heavy atom. The second kappa shape index (κ2) is 6.79. The lowest BCUT2D eigenvalue weighted by molar-refractivity contribution is -0.141. The van der Waals surface area contributed by atoms with E-state index in [1.807, 2.05) is 6.26 Å². The van der Waals surface area contributed by atoms with Crippen LogP contribution in [0.15, 0.2) is 23.1 Å². The van der Waals surface area contributed by atoms with E-state index in [1.165, 1.54) is 18.7 Å². The summed E-state index contributed by atoms with van der Waals surface area (Å²) in [7, 11) is 0. The van der Waals surface area contributed by atoms with Gasteiger partial charge >= 0.3 is 5.97 Å². The van der Waals surface area contributed by atoms with E-state index < -0.39 is 24.0 Å². The van der Waals surface area contributed by atoms with Crippen molar-refractivity contribution in [3.05, 3.63) is 28.8 Å². The molecule has 0 fully saturated rings. The number of amides is 1. The van der Waals surface area contributed by atoms with E-state index in [9.17, 15) is 14.7 Å². The lowest BCUT2D eigenvalue weighted by Crippen LogP contribution is -2.47. The van der Waals surface area contributed by atoms with Gasteiger partial charge in [-0.3, -0.25) is 4.79 Å². The zero-order valence-electron chi connectivity index (χ0n) is 10.4. The molecule has 1 aromatic carbocycles. The Morgan fingerprint density at radius 1 is 1.42 bits per heavy atom. The summed E-state index contributed by atoms with van der Waals surface area (Å²) in [5.41, 5.74) is 0.181. The molecule has 0 aliphatic heterocycles. The normalized spacial score (nSPS) is 13.7. The smallest absolute Gasteiger partial charge is 0.328 e. The summed E-state index contributed by atoms with van der Waals surface area (Å²) < 4.78 is 0. The van der Waals surface area contributed by atoms with Gasteiger partial charge < -0.3 is 15.5 Å². The number of carboxylic acids is 1. The molecular weight excluding hydrogens is 290 g/mol. The van der Waals surface area contributed by atoms with Crippen LogP contribution in [0.3, 0.4) is 0 Å². The molecule has 0 spiro atoms. The number of thioether (sulfide) groups is 1. The zero-order valence-corrected chi connectivity index (χ0v) is 12.0. The number of aliphatic carboxylic acids is 1. The molecule has 19 heavy (non-hydrogen) atoms. The minimum absolute atomic E-state index is 0.181. The maximum atomic E-state index is 12.0. The number of nitrogens with one attached hydrogen (secondary N) is 1. The first kappa shape index (κ1) is 15.8. The number of hydrogen-bond acceptors (Lipinski definition) is 4. The van der Waals surface area contributed by atoms with E-state index in [0.29, 0.717) is 0 Å². The number of aliphatic hydroxyl groups is 1. The van der Waals surface area contributed by atoms with Crippen molar-refractivity contribution in [2.45, 2.75) is 24.0 Å². The largest absolute Gasteiger partial charge is 0.480 e. The fourth-order valence-corrected chi connectivity index (χ4v) is 2.06. The number of halogens is 1. The molecule has 2 atom stereocenters. The SMILES string of the molecule is CSc1ccc(Cl)c(C(=O)N[C@@H](C(=O)O)[C@H](C)O)c1. The standard InChI is InChI=1S/C12H14ClNO4S/c1-6(15)10(12(17)18)14-11(16)8-5-7(19-2)3-4-9(8)13/h3-6,10,15H,1-2H3,(H,14,16)(H,17,18)/t6-,10+/m0/s1. The molecule has 0 saturated carbocycles. The third-order valence-electron chi connectivity index (χ3n) is 2.45. The second-order valence-electron chi connectivity index (χ2n) is 3.88. The van der Waals surface area contributed by atoms with Gasteiger partial charge in [0, 0.05) is 4.90 Å². The van der Waals surface area contributed by atoms with Crippen LogP contribution in [-0.2, 0) is 4.79 Å². The summed E-state index contributed by atoms with van der Waals surface area (Å²) in [6.45, 7) is 1.29. The highest BCUT2D eigenvalue weighted by atomic mass is 35.5. The average molecular weight is 304 g/mol. The number of carbonyl (C=O) groups is 2. The molecule has 1 aromatic rings. The van der Waals surface area contributed by atoms with E-state index >= 15 is 0 Å². The fourth-order valence-electron chi connectivity index (χ4n) is 1.41. The number of carboxylic acid groups (broad SMARTS) is 1. The lowest BCUT2D eigenvalue weighted by atomic mass is 10.1. The summed E-state index contributed by atoms with van der Waals surface area (Å²) in [6.07, 6.45) is 0.643. The van der Waals surface area contributed by atoms with Crippen molar-refractivity contribution in [2.24, 2.45) is 0 Å². The van der Waals surface area contributed by atoms with Crippen LogP contribution >= 0.6 is 23.4 Å². The number of carbonyl (C=O) groups excluding carboxylic acids is 1. The number of benzene rings is 1. The van der Waals surface area contributed by atoms with E-state index in [-0.39, 0.29) is 10.6 Å². The third kappa shape index (κ3) is 4.12. The van der Waals surface area contributed by atoms with Crippen molar-refractivity contribution < 1.29 is 19.8 Å². The van der Waals surface area contributed by atoms with E-state index in [1.54, 1.807) is 18.2 Å². The Balaban J connectivity index is 2.97. The predicted molar refractivity (Wildman–Crippen MR) is 73.8 cm³/mol. The van der Waals surface area contributed by atoms with Gasteiger partial charge in [-0.05, 0) is 31.4 Å². The van der Waals surface area contributed by atoms with Crippen LogP contribution in [0.25, 0.3) is 0 Å². The van der Waals surface area contributed by atoms with E-state index in [2.05, 4.69) is 5.32 Å². The fraction of sp³-hybridized carbons (Fsp3) is 0.333. The average Bonchev–Trinajstić information content (AvgIpc) is 2.35. The highest BCUT2D eigenvalue weighted by Crippen LogP contribution is 2.23. The van der Waals surface area contributed by atoms with Gasteiger partial charge in [-0.2, -0.15) is 0 Å². The predicted octanol–water partition coefficient (Wildman–Crippen LogP) is 1.63. The van der Waals surface area contributed by atoms with Crippen LogP contribution in [0.4, 0.5) is 0 Å². The Bertz CT molecular complexity index is 493. The van der Waals surface area contributed by atoms with Gasteiger partial charge in [0.05, 0.1) is 16.7 Å². The number of rotatable bonds is 5. The highest BCUT2D eigenvalue weighted by molar-refractivity contribution is 7.98. The molecule has 0 aliphatic rings. The molecule has 0 unspecified atom stereocenters. The van der Waals surface area contributed by atoms with Gasteiger partial charge in [0.25, 0.3) is 5.91 Å². The van der Waals surface area contributed by atoms with Crippen LogP contribution in [-0.4, -0.2) is 40.5 Å². The van der Waals surface area contributed by atoms with Gasteiger partial charge in [-0.1, -0.05) is 11.6 Å². The van der Waals surface area contributed by atoms with Crippen molar-refractivity contribution in [3.8, 4) is 0 Å². The number of aliphatic hydroxyl groups excluding tert-OH is 1. The van der Waals surface area contributed by atoms with Crippen molar-refractivity contribution in [1.29, 1.82) is 0 Å². The Hall–Kier alpha value is -1.24. The van der Waals surface area contributed by atoms with Crippen LogP contribution in [0.2, 0.25) is 5.02 Å². The number of hydrogen-bond donors (Lipinski definition) is 3. The maximum Gasteiger partial charge on any atom is 0.328 e. The van der Waals surface area contributed by atoms with Crippen LogP contribution < -0.4 is 5.32 Å². The summed E-state index contributed by atoms with van der Waals surface area (Å²) in [5.74, 6) is -1.94. The van der Waals surface area contributed by atoms with Crippen molar-refractivity contribution >= 4 is 35.2 Å². The first-order valence-corrected chi connectivity index (χ1v) is 7.02. The Labute approximate surface area is 120 Å². The quantitative estimate of drug-likeness (QED) is 0.720. The van der Waals surface area contributed by atoms with E-state index in [0.717, 1.165) is 4.90 Å². The third-order valence-corrected chi connectivity index (χ3v) is 3.51. The molecule has 5 nitrogen and oxygen atoms in total. The summed E-state index contributed by atoms with van der Waals surface area (Å²) in [6, 6.07) is 3.53. The lowest BCUT2D eigenvalue weighted by Gasteiger charge is -2.17. The highest BCUT2D eigenvalue weighted by Gasteiger charge is 2.26. The van der Waals surface area contributed by atoms with Gasteiger partial charge in [-0.15, -0.1) is 11.8 Å².